The molecule has 2 heterocycles. The number of aromatic nitrogens is 1. The average molecular weight is 400 g/mol. The van der Waals surface area contributed by atoms with Crippen molar-refractivity contribution in [1.82, 2.24) is 15.6 Å². The lowest BCUT2D eigenvalue weighted by molar-refractivity contribution is 0.238. The first-order chi connectivity index (χ1) is 14.3. The van der Waals surface area contributed by atoms with Crippen LogP contribution in [0.3, 0.4) is 0 Å². The Kier molecular flexibility index (Phi) is 5.98. The summed E-state index contributed by atoms with van der Waals surface area (Å²) in [4.78, 5) is 18.2. The summed E-state index contributed by atoms with van der Waals surface area (Å²) in [6.07, 6.45) is 1.78. The van der Waals surface area contributed by atoms with Crippen molar-refractivity contribution in [3.63, 3.8) is 0 Å². The van der Waals surface area contributed by atoms with Crippen LogP contribution in [0.25, 0.3) is 10.6 Å². The maximum Gasteiger partial charge on any atom is 0.315 e. The standard InChI is InChI=1S/C24H21N3OS/c28-24(26-17-18-13-14-25-21(16-18)22-12-7-15-29-22)27-23(19-8-3-1-4-9-19)20-10-5-2-6-11-20/h1-16,23H,17H2,(H2,26,27,28). The summed E-state index contributed by atoms with van der Waals surface area (Å²) in [7, 11) is 0. The molecule has 0 saturated carbocycles. The van der Waals surface area contributed by atoms with Gasteiger partial charge in [0.15, 0.2) is 0 Å². The summed E-state index contributed by atoms with van der Waals surface area (Å²) in [6.45, 7) is 0.434. The van der Waals surface area contributed by atoms with Gasteiger partial charge in [-0.1, -0.05) is 66.7 Å². The smallest absolute Gasteiger partial charge is 0.315 e. The maximum absolute atomic E-state index is 12.7. The minimum atomic E-state index is -0.212. The molecular weight excluding hydrogens is 378 g/mol. The van der Waals surface area contributed by atoms with Crippen LogP contribution < -0.4 is 10.6 Å². The summed E-state index contributed by atoms with van der Waals surface area (Å²) >= 11 is 1.65. The maximum atomic E-state index is 12.7. The van der Waals surface area contributed by atoms with Crippen molar-refractivity contribution in [2.75, 3.05) is 0 Å². The van der Waals surface area contributed by atoms with E-state index in [2.05, 4.69) is 15.6 Å². The summed E-state index contributed by atoms with van der Waals surface area (Å²) < 4.78 is 0. The van der Waals surface area contributed by atoms with E-state index in [4.69, 9.17) is 0 Å². The molecule has 0 radical (unpaired) electrons. The molecule has 2 aromatic heterocycles. The topological polar surface area (TPSA) is 54.0 Å². The predicted octanol–water partition coefficient (Wildman–Crippen LogP) is 5.40. The van der Waals surface area contributed by atoms with Crippen LogP contribution in [0.4, 0.5) is 4.79 Å². The highest BCUT2D eigenvalue weighted by molar-refractivity contribution is 7.13. The van der Waals surface area contributed by atoms with Gasteiger partial charge in [0.2, 0.25) is 0 Å². The monoisotopic (exact) mass is 399 g/mol. The number of amides is 2. The lowest BCUT2D eigenvalue weighted by Crippen LogP contribution is -2.38. The predicted molar refractivity (Wildman–Crippen MR) is 118 cm³/mol. The van der Waals surface area contributed by atoms with Gasteiger partial charge in [-0.15, -0.1) is 11.3 Å². The first-order valence-corrected chi connectivity index (χ1v) is 10.3. The van der Waals surface area contributed by atoms with Crippen LogP contribution in [0.1, 0.15) is 22.7 Å². The summed E-state index contributed by atoms with van der Waals surface area (Å²) in [5.41, 5.74) is 4.01. The van der Waals surface area contributed by atoms with Crippen LogP contribution in [0.5, 0.6) is 0 Å². The molecule has 0 aliphatic carbocycles. The Bertz CT molecular complexity index is 1010. The molecule has 0 atom stereocenters. The highest BCUT2D eigenvalue weighted by atomic mass is 32.1. The molecule has 0 unspecified atom stereocenters. The van der Waals surface area contributed by atoms with E-state index in [9.17, 15) is 4.79 Å². The van der Waals surface area contributed by atoms with Gasteiger partial charge in [0.1, 0.15) is 0 Å². The highest BCUT2D eigenvalue weighted by Crippen LogP contribution is 2.23. The van der Waals surface area contributed by atoms with Crippen LogP contribution in [-0.2, 0) is 6.54 Å². The minimum absolute atomic E-state index is 0.211. The fraction of sp³-hybridized carbons (Fsp3) is 0.0833. The van der Waals surface area contributed by atoms with Crippen molar-refractivity contribution in [2.24, 2.45) is 0 Å². The quantitative estimate of drug-likeness (QED) is 0.456. The van der Waals surface area contributed by atoms with Crippen LogP contribution in [-0.4, -0.2) is 11.0 Å². The number of rotatable bonds is 6. The van der Waals surface area contributed by atoms with E-state index in [1.54, 1.807) is 17.5 Å². The molecule has 144 valence electrons. The van der Waals surface area contributed by atoms with Crippen LogP contribution in [0, 0.1) is 0 Å². The zero-order chi connectivity index (χ0) is 19.9. The van der Waals surface area contributed by atoms with Gasteiger partial charge in [-0.05, 0) is 40.3 Å². The van der Waals surface area contributed by atoms with Crippen molar-refractivity contribution >= 4 is 17.4 Å². The number of nitrogens with zero attached hydrogens (tertiary/aromatic N) is 1. The van der Waals surface area contributed by atoms with Gasteiger partial charge in [-0.3, -0.25) is 4.98 Å². The molecule has 0 fully saturated rings. The molecule has 0 bridgehead atoms. The molecule has 2 N–H and O–H groups in total. The van der Waals surface area contributed by atoms with Crippen LogP contribution in [0.2, 0.25) is 0 Å². The number of carbonyl (C=O) groups excluding carboxylic acids is 1. The fourth-order valence-electron chi connectivity index (χ4n) is 3.16. The summed E-state index contributed by atoms with van der Waals surface area (Å²) in [5, 5.41) is 8.10. The molecule has 4 nitrogen and oxygen atoms in total. The van der Waals surface area contributed by atoms with Gasteiger partial charge in [0.05, 0.1) is 16.6 Å². The Balaban J connectivity index is 1.44. The number of urea groups is 1. The first kappa shape index (κ1) is 18.9. The van der Waals surface area contributed by atoms with E-state index < -0.39 is 0 Å². The van der Waals surface area contributed by atoms with Crippen LogP contribution >= 0.6 is 11.3 Å². The second-order valence-electron chi connectivity index (χ2n) is 6.61. The Labute approximate surface area is 174 Å². The van der Waals surface area contributed by atoms with Crippen LogP contribution in [0.15, 0.2) is 96.5 Å². The van der Waals surface area contributed by atoms with Gasteiger partial charge in [-0.2, -0.15) is 0 Å². The lowest BCUT2D eigenvalue weighted by Gasteiger charge is -2.20. The van der Waals surface area contributed by atoms with Gasteiger partial charge in [-0.25, -0.2) is 4.79 Å². The third-order valence-electron chi connectivity index (χ3n) is 4.59. The molecule has 4 aromatic rings. The fourth-order valence-corrected chi connectivity index (χ4v) is 3.85. The minimum Gasteiger partial charge on any atom is -0.334 e. The number of pyridine rings is 1. The SMILES string of the molecule is O=C(NCc1ccnc(-c2cccs2)c1)NC(c1ccccc1)c1ccccc1. The lowest BCUT2D eigenvalue weighted by atomic mass is 9.99. The molecule has 29 heavy (non-hydrogen) atoms. The Morgan fingerprint density at radius 2 is 1.59 bits per heavy atom. The number of carbonyl (C=O) groups is 1. The normalized spacial score (nSPS) is 10.7. The molecule has 0 saturated heterocycles. The molecular formula is C24H21N3OS. The molecule has 2 aromatic carbocycles. The number of nitrogens with one attached hydrogen (secondary N) is 2. The molecule has 2 amide bonds. The summed E-state index contributed by atoms with van der Waals surface area (Å²) in [5.74, 6) is 0. The summed E-state index contributed by atoms with van der Waals surface area (Å²) in [6, 6.07) is 27.5. The molecule has 5 heteroatoms. The second kappa shape index (κ2) is 9.17. The third kappa shape index (κ3) is 4.89. The molecule has 0 aliphatic heterocycles. The van der Waals surface area contributed by atoms with Gasteiger partial charge in [0, 0.05) is 12.7 Å². The van der Waals surface area contributed by atoms with E-state index >= 15 is 0 Å². The zero-order valence-electron chi connectivity index (χ0n) is 15.8. The van der Waals surface area contributed by atoms with Gasteiger partial charge < -0.3 is 10.6 Å². The molecule has 0 spiro atoms. The Morgan fingerprint density at radius 1 is 0.897 bits per heavy atom. The number of hydrogen-bond donors (Lipinski definition) is 2. The van der Waals surface area contributed by atoms with E-state index in [1.807, 2.05) is 90.3 Å². The van der Waals surface area contributed by atoms with E-state index in [-0.39, 0.29) is 12.1 Å². The number of benzene rings is 2. The van der Waals surface area contributed by atoms with Crippen molar-refractivity contribution < 1.29 is 4.79 Å². The van der Waals surface area contributed by atoms with E-state index in [0.717, 1.165) is 27.3 Å². The largest absolute Gasteiger partial charge is 0.334 e. The number of thiophene rings is 1. The van der Waals surface area contributed by atoms with Gasteiger partial charge >= 0.3 is 6.03 Å². The highest BCUT2D eigenvalue weighted by Gasteiger charge is 2.16. The van der Waals surface area contributed by atoms with Crippen molar-refractivity contribution in [1.29, 1.82) is 0 Å². The van der Waals surface area contributed by atoms with E-state index in [1.165, 1.54) is 0 Å². The third-order valence-corrected chi connectivity index (χ3v) is 5.48. The van der Waals surface area contributed by atoms with Crippen molar-refractivity contribution in [3.8, 4) is 10.6 Å². The Morgan fingerprint density at radius 3 is 2.21 bits per heavy atom. The average Bonchev–Trinajstić information content (AvgIpc) is 3.33. The zero-order valence-corrected chi connectivity index (χ0v) is 16.6. The van der Waals surface area contributed by atoms with E-state index in [0.29, 0.717) is 6.54 Å². The Hall–Kier alpha value is -3.44. The first-order valence-electron chi connectivity index (χ1n) is 9.42. The molecule has 0 aliphatic rings. The van der Waals surface area contributed by atoms with Gasteiger partial charge in [0.25, 0.3) is 0 Å². The van der Waals surface area contributed by atoms with Crippen molar-refractivity contribution in [3.05, 3.63) is 113 Å². The molecule has 4 rings (SSSR count). The van der Waals surface area contributed by atoms with Crippen molar-refractivity contribution in [2.45, 2.75) is 12.6 Å². The number of hydrogen-bond acceptors (Lipinski definition) is 3. The second-order valence-corrected chi connectivity index (χ2v) is 7.56.